The summed E-state index contributed by atoms with van der Waals surface area (Å²) in [4.78, 5) is 18.1. The van der Waals surface area contributed by atoms with Gasteiger partial charge in [-0.05, 0) is 35.7 Å². The summed E-state index contributed by atoms with van der Waals surface area (Å²) >= 11 is 0. The molecule has 1 aromatic carbocycles. The Bertz CT molecular complexity index is 914. The highest BCUT2D eigenvalue weighted by Gasteiger charge is 2.22. The Labute approximate surface area is 133 Å². The minimum absolute atomic E-state index is 0.0170. The third-order valence-corrected chi connectivity index (χ3v) is 4.35. The molecule has 0 aliphatic carbocycles. The molecule has 0 saturated heterocycles. The highest BCUT2D eigenvalue weighted by molar-refractivity contribution is 5.94. The van der Waals surface area contributed by atoms with Crippen molar-refractivity contribution >= 4 is 17.2 Å². The molecule has 0 saturated carbocycles. The van der Waals surface area contributed by atoms with Crippen LogP contribution in [0.15, 0.2) is 42.7 Å². The summed E-state index contributed by atoms with van der Waals surface area (Å²) in [7, 11) is 0. The van der Waals surface area contributed by atoms with E-state index in [-0.39, 0.29) is 12.5 Å². The van der Waals surface area contributed by atoms with Crippen LogP contribution >= 0.6 is 0 Å². The van der Waals surface area contributed by atoms with Crippen molar-refractivity contribution in [2.24, 2.45) is 0 Å². The molecule has 1 aliphatic heterocycles. The molecule has 5 nitrogen and oxygen atoms in total. The molecule has 3 heterocycles. The lowest BCUT2D eigenvalue weighted by atomic mass is 10.1. The van der Waals surface area contributed by atoms with Crippen molar-refractivity contribution in [3.05, 3.63) is 53.9 Å². The van der Waals surface area contributed by atoms with E-state index < -0.39 is 0 Å². The number of hydrogen-bond donors (Lipinski definition) is 1. The first kappa shape index (κ1) is 14.0. The molecule has 0 fully saturated rings. The zero-order valence-corrected chi connectivity index (χ0v) is 12.9. The summed E-state index contributed by atoms with van der Waals surface area (Å²) in [6.07, 6.45) is 4.73. The van der Waals surface area contributed by atoms with Gasteiger partial charge in [0, 0.05) is 37.1 Å². The number of nitrogens with zero attached hydrogens (tertiary/aromatic N) is 3. The maximum atomic E-state index is 11.6. The van der Waals surface area contributed by atoms with Gasteiger partial charge in [0.1, 0.15) is 5.65 Å². The number of anilines is 1. The second-order valence-corrected chi connectivity index (χ2v) is 5.85. The number of fused-ring (bicyclic) bond motifs is 2. The normalized spacial score (nSPS) is 13.6. The highest BCUT2D eigenvalue weighted by atomic mass is 16.3. The first-order valence-electron chi connectivity index (χ1n) is 7.65. The van der Waals surface area contributed by atoms with Gasteiger partial charge in [0.05, 0.1) is 12.3 Å². The molecule has 5 heteroatoms. The topological polar surface area (TPSA) is 57.8 Å². The Balaban J connectivity index is 1.75. The van der Waals surface area contributed by atoms with Crippen molar-refractivity contribution < 1.29 is 9.90 Å². The van der Waals surface area contributed by atoms with E-state index in [2.05, 4.69) is 11.1 Å². The number of carbonyl (C=O) groups excluding carboxylic acids is 1. The van der Waals surface area contributed by atoms with E-state index in [1.165, 1.54) is 5.56 Å². The second kappa shape index (κ2) is 5.21. The zero-order chi connectivity index (χ0) is 16.0. The number of pyridine rings is 1. The van der Waals surface area contributed by atoms with Gasteiger partial charge in [0.2, 0.25) is 5.91 Å². The van der Waals surface area contributed by atoms with E-state index >= 15 is 0 Å². The minimum atomic E-state index is 0.0170. The third-order valence-electron chi connectivity index (χ3n) is 4.35. The van der Waals surface area contributed by atoms with Gasteiger partial charge < -0.3 is 14.4 Å². The molecular weight excluding hydrogens is 290 g/mol. The molecule has 0 atom stereocenters. The van der Waals surface area contributed by atoms with Crippen LogP contribution in [0, 0.1) is 0 Å². The molecule has 4 rings (SSSR count). The average molecular weight is 307 g/mol. The van der Waals surface area contributed by atoms with Crippen LogP contribution in [0.25, 0.3) is 16.9 Å². The second-order valence-electron chi connectivity index (χ2n) is 5.85. The van der Waals surface area contributed by atoms with E-state index in [4.69, 9.17) is 0 Å². The van der Waals surface area contributed by atoms with Crippen molar-refractivity contribution in [2.75, 3.05) is 11.4 Å². The Morgan fingerprint density at radius 2 is 2.13 bits per heavy atom. The predicted octanol–water partition coefficient (Wildman–Crippen LogP) is 2.40. The maximum Gasteiger partial charge on any atom is 0.223 e. The summed E-state index contributed by atoms with van der Waals surface area (Å²) in [5, 5.41) is 9.23. The van der Waals surface area contributed by atoms with Gasteiger partial charge in [-0.3, -0.25) is 4.79 Å². The number of imidazole rings is 1. The third kappa shape index (κ3) is 2.29. The molecule has 1 amide bonds. The van der Waals surface area contributed by atoms with Gasteiger partial charge in [-0.15, -0.1) is 0 Å². The van der Waals surface area contributed by atoms with Crippen molar-refractivity contribution in [1.29, 1.82) is 0 Å². The average Bonchev–Trinajstić information content (AvgIpc) is 3.17. The highest BCUT2D eigenvalue weighted by Crippen LogP contribution is 2.32. The molecule has 0 spiro atoms. The number of aliphatic hydroxyl groups excluding tert-OH is 1. The van der Waals surface area contributed by atoms with E-state index in [0.717, 1.165) is 41.1 Å². The van der Waals surface area contributed by atoms with E-state index in [9.17, 15) is 9.90 Å². The van der Waals surface area contributed by atoms with Crippen LogP contribution in [0.1, 0.15) is 18.1 Å². The molecule has 116 valence electrons. The zero-order valence-electron chi connectivity index (χ0n) is 12.9. The monoisotopic (exact) mass is 307 g/mol. The van der Waals surface area contributed by atoms with Gasteiger partial charge in [-0.2, -0.15) is 0 Å². The van der Waals surface area contributed by atoms with Crippen LogP contribution < -0.4 is 4.90 Å². The molecule has 0 bridgehead atoms. The predicted molar refractivity (Wildman–Crippen MR) is 88.3 cm³/mol. The molecule has 23 heavy (non-hydrogen) atoms. The summed E-state index contributed by atoms with van der Waals surface area (Å²) in [5.74, 6) is 0.0840. The van der Waals surface area contributed by atoms with Gasteiger partial charge in [0.25, 0.3) is 0 Å². The van der Waals surface area contributed by atoms with Crippen molar-refractivity contribution in [1.82, 2.24) is 9.38 Å². The first-order valence-corrected chi connectivity index (χ1v) is 7.65. The first-order chi connectivity index (χ1) is 11.2. The minimum Gasteiger partial charge on any atom is -0.392 e. The molecule has 0 unspecified atom stereocenters. The smallest absolute Gasteiger partial charge is 0.223 e. The summed E-state index contributed by atoms with van der Waals surface area (Å²) < 4.78 is 1.93. The summed E-state index contributed by atoms with van der Waals surface area (Å²) in [5.41, 5.74) is 5.83. The molecule has 1 N–H and O–H groups in total. The van der Waals surface area contributed by atoms with E-state index in [1.54, 1.807) is 6.92 Å². The van der Waals surface area contributed by atoms with Crippen LogP contribution in [0.3, 0.4) is 0 Å². The molecule has 3 aromatic rings. The number of rotatable bonds is 2. The standard InChI is InChI=1S/C18H17N3O2/c1-12(23)21-7-6-15-8-14(3-4-17(15)21)16-10-20-9-13(11-22)2-5-18(20)19-16/h2-5,8-10,22H,6-7,11H2,1H3. The number of aliphatic hydroxyl groups is 1. The molecule has 1 aliphatic rings. The Kier molecular flexibility index (Phi) is 3.16. The fourth-order valence-electron chi connectivity index (χ4n) is 3.16. The fraction of sp³-hybridized carbons (Fsp3) is 0.222. The van der Waals surface area contributed by atoms with Gasteiger partial charge in [-0.1, -0.05) is 12.1 Å². The fourth-order valence-corrected chi connectivity index (χ4v) is 3.16. The lowest BCUT2D eigenvalue weighted by Gasteiger charge is -2.14. The largest absolute Gasteiger partial charge is 0.392 e. The summed E-state index contributed by atoms with van der Waals surface area (Å²) in [6.45, 7) is 2.37. The number of amides is 1. The van der Waals surface area contributed by atoms with Gasteiger partial charge >= 0.3 is 0 Å². The van der Waals surface area contributed by atoms with Crippen LogP contribution in [0.4, 0.5) is 5.69 Å². The van der Waals surface area contributed by atoms with Gasteiger partial charge in [-0.25, -0.2) is 4.98 Å². The van der Waals surface area contributed by atoms with Crippen molar-refractivity contribution in [3.63, 3.8) is 0 Å². The number of benzene rings is 1. The van der Waals surface area contributed by atoms with E-state index in [1.807, 2.05) is 46.0 Å². The van der Waals surface area contributed by atoms with Crippen LogP contribution in [0.2, 0.25) is 0 Å². The Morgan fingerprint density at radius 3 is 2.91 bits per heavy atom. The molecular formula is C18H17N3O2. The van der Waals surface area contributed by atoms with Crippen LogP contribution in [0.5, 0.6) is 0 Å². The lowest BCUT2D eigenvalue weighted by Crippen LogP contribution is -2.25. The maximum absolute atomic E-state index is 11.6. The summed E-state index contributed by atoms with van der Waals surface area (Å²) in [6, 6.07) is 9.91. The van der Waals surface area contributed by atoms with Crippen molar-refractivity contribution in [2.45, 2.75) is 20.0 Å². The number of hydrogen-bond acceptors (Lipinski definition) is 3. The molecule has 2 aromatic heterocycles. The van der Waals surface area contributed by atoms with Gasteiger partial charge in [0.15, 0.2) is 0 Å². The number of carbonyl (C=O) groups is 1. The quantitative estimate of drug-likeness (QED) is 0.791. The van der Waals surface area contributed by atoms with E-state index in [0.29, 0.717) is 0 Å². The Morgan fingerprint density at radius 1 is 1.26 bits per heavy atom. The molecule has 0 radical (unpaired) electrons. The van der Waals surface area contributed by atoms with Crippen LogP contribution in [-0.2, 0) is 17.8 Å². The van der Waals surface area contributed by atoms with Crippen LogP contribution in [-0.4, -0.2) is 26.9 Å². The van der Waals surface area contributed by atoms with Crippen molar-refractivity contribution in [3.8, 4) is 11.3 Å². The Hall–Kier alpha value is -2.66. The SMILES string of the molecule is CC(=O)N1CCc2cc(-c3cn4cc(CO)ccc4n3)ccc21. The lowest BCUT2D eigenvalue weighted by molar-refractivity contribution is -0.116. The number of aromatic nitrogens is 2.